The lowest BCUT2D eigenvalue weighted by molar-refractivity contribution is 0.0513. The lowest BCUT2D eigenvalue weighted by Gasteiger charge is -2.40. The molecule has 0 fully saturated rings. The molecule has 0 radical (unpaired) electrons. The van der Waals surface area contributed by atoms with Gasteiger partial charge in [0, 0.05) is 5.56 Å². The van der Waals surface area contributed by atoms with Crippen LogP contribution in [-0.2, 0) is 6.42 Å². The predicted molar refractivity (Wildman–Crippen MR) is 158 cm³/mol. The fraction of sp³-hybridized carbons (Fsp3) is 0.273. The standard InChI is InChI=1S/C33H37O3P/c1-23-24(2)32(35)30(25(3)31(23)34)21-22-33(5,36)26(4)37(27-15-9-6-10-16-27,28-17-11-7-12-18-28)29-19-13-8-14-20-29/h6-20,26,36H,21-22H2,1-5H3,(H-,34,35)/p+1. The molecule has 0 amide bonds. The van der Waals surface area contributed by atoms with E-state index in [1.165, 1.54) is 15.9 Å². The van der Waals surface area contributed by atoms with Gasteiger partial charge in [-0.1, -0.05) is 54.6 Å². The molecule has 4 aromatic rings. The summed E-state index contributed by atoms with van der Waals surface area (Å²) in [6.45, 7) is 9.58. The van der Waals surface area contributed by atoms with Crippen molar-refractivity contribution in [3.05, 3.63) is 113 Å². The maximum Gasteiger partial charge on any atom is 0.122 e. The van der Waals surface area contributed by atoms with Gasteiger partial charge in [-0.3, -0.25) is 0 Å². The molecule has 0 aliphatic rings. The maximum absolute atomic E-state index is 12.2. The van der Waals surface area contributed by atoms with E-state index in [-0.39, 0.29) is 17.2 Å². The summed E-state index contributed by atoms with van der Waals surface area (Å²) in [6, 6.07) is 31.7. The van der Waals surface area contributed by atoms with E-state index in [4.69, 9.17) is 0 Å². The zero-order chi connectivity index (χ0) is 26.8. The molecule has 0 aromatic heterocycles. The van der Waals surface area contributed by atoms with Crippen molar-refractivity contribution in [1.29, 1.82) is 0 Å². The van der Waals surface area contributed by atoms with Crippen molar-refractivity contribution in [2.24, 2.45) is 0 Å². The van der Waals surface area contributed by atoms with E-state index in [0.717, 1.165) is 0 Å². The normalized spacial score (nSPS) is 14.2. The highest BCUT2D eigenvalue weighted by Gasteiger charge is 2.56. The summed E-state index contributed by atoms with van der Waals surface area (Å²) in [5.74, 6) is 0.434. The minimum absolute atomic E-state index is 0.130. The van der Waals surface area contributed by atoms with Crippen LogP contribution in [0.3, 0.4) is 0 Å². The molecule has 192 valence electrons. The molecule has 0 aliphatic carbocycles. The topological polar surface area (TPSA) is 60.7 Å². The molecule has 4 aromatic carbocycles. The molecule has 0 saturated carbocycles. The SMILES string of the molecule is Cc1c(C)c(O)c(CCC(C)(O)C(C)[P+](c2ccccc2)(c2ccccc2)c2ccccc2)c(C)c1O. The van der Waals surface area contributed by atoms with Crippen LogP contribution in [0, 0.1) is 20.8 Å². The van der Waals surface area contributed by atoms with E-state index in [9.17, 15) is 15.3 Å². The van der Waals surface area contributed by atoms with Crippen LogP contribution in [0.4, 0.5) is 0 Å². The van der Waals surface area contributed by atoms with Crippen LogP contribution in [0.25, 0.3) is 0 Å². The number of phenols is 2. The second-order valence-corrected chi connectivity index (χ2v) is 14.1. The van der Waals surface area contributed by atoms with Crippen LogP contribution in [-0.4, -0.2) is 26.6 Å². The fourth-order valence-corrected chi connectivity index (χ4v) is 10.7. The van der Waals surface area contributed by atoms with Crippen molar-refractivity contribution >= 4 is 23.2 Å². The van der Waals surface area contributed by atoms with Gasteiger partial charge in [-0.15, -0.1) is 0 Å². The number of benzene rings is 4. The Morgan fingerprint density at radius 1 is 0.649 bits per heavy atom. The number of aromatic hydroxyl groups is 2. The van der Waals surface area contributed by atoms with Gasteiger partial charge in [0.25, 0.3) is 0 Å². The average molecular weight is 514 g/mol. The van der Waals surface area contributed by atoms with E-state index < -0.39 is 12.9 Å². The molecule has 0 bridgehead atoms. The molecule has 4 heteroatoms. The van der Waals surface area contributed by atoms with E-state index in [2.05, 4.69) is 79.7 Å². The van der Waals surface area contributed by atoms with Gasteiger partial charge in [-0.2, -0.15) is 0 Å². The molecular weight excluding hydrogens is 475 g/mol. The molecule has 2 atom stereocenters. The Bertz CT molecular complexity index is 1220. The van der Waals surface area contributed by atoms with Crippen molar-refractivity contribution < 1.29 is 15.3 Å². The van der Waals surface area contributed by atoms with Gasteiger partial charge in [-0.25, -0.2) is 0 Å². The first-order chi connectivity index (χ1) is 17.6. The summed E-state index contributed by atoms with van der Waals surface area (Å²) < 4.78 is 0. The van der Waals surface area contributed by atoms with Gasteiger partial charge in [0.15, 0.2) is 0 Å². The third-order valence-electron chi connectivity index (χ3n) is 8.22. The Hall–Kier alpha value is -3.13. The summed E-state index contributed by atoms with van der Waals surface area (Å²) in [6.07, 6.45) is 0.904. The van der Waals surface area contributed by atoms with Crippen LogP contribution in [0.15, 0.2) is 91.0 Å². The largest absolute Gasteiger partial charge is 0.507 e. The number of aliphatic hydroxyl groups is 1. The van der Waals surface area contributed by atoms with Crippen LogP contribution in [0.5, 0.6) is 11.5 Å². The van der Waals surface area contributed by atoms with Gasteiger partial charge in [0.05, 0.1) is 5.60 Å². The monoisotopic (exact) mass is 513 g/mol. The van der Waals surface area contributed by atoms with Crippen LogP contribution >= 0.6 is 7.26 Å². The van der Waals surface area contributed by atoms with Crippen molar-refractivity contribution in [3.63, 3.8) is 0 Å². The van der Waals surface area contributed by atoms with Gasteiger partial charge in [0.2, 0.25) is 0 Å². The highest BCUT2D eigenvalue weighted by atomic mass is 31.2. The summed E-state index contributed by atoms with van der Waals surface area (Å²) in [5, 5.41) is 37.5. The molecule has 0 aliphatic heterocycles. The second-order valence-electron chi connectivity index (χ2n) is 10.3. The third kappa shape index (κ3) is 4.79. The first-order valence-electron chi connectivity index (χ1n) is 12.9. The van der Waals surface area contributed by atoms with Crippen LogP contribution in [0.2, 0.25) is 0 Å². The molecule has 3 N–H and O–H groups in total. The lowest BCUT2D eigenvalue weighted by atomic mass is 9.89. The Morgan fingerprint density at radius 3 is 1.43 bits per heavy atom. The maximum atomic E-state index is 12.2. The van der Waals surface area contributed by atoms with Gasteiger partial charge < -0.3 is 15.3 Å². The molecule has 4 rings (SSSR count). The first kappa shape index (κ1) is 26.9. The summed E-state index contributed by atoms with van der Waals surface area (Å²) in [7, 11) is -2.30. The second kappa shape index (κ2) is 10.7. The fourth-order valence-electron chi connectivity index (χ4n) is 5.60. The minimum Gasteiger partial charge on any atom is -0.507 e. The van der Waals surface area contributed by atoms with E-state index in [1.807, 2.05) is 45.9 Å². The molecule has 2 unspecified atom stereocenters. The lowest BCUT2D eigenvalue weighted by Crippen LogP contribution is -2.48. The zero-order valence-electron chi connectivity index (χ0n) is 22.4. The number of phenolic OH excluding ortho intramolecular Hbond substituents is 2. The molecule has 3 nitrogen and oxygen atoms in total. The van der Waals surface area contributed by atoms with Crippen molar-refractivity contribution in [1.82, 2.24) is 0 Å². The highest BCUT2D eigenvalue weighted by Crippen LogP contribution is 2.62. The Balaban J connectivity index is 1.85. The van der Waals surface area contributed by atoms with Crippen molar-refractivity contribution in [2.75, 3.05) is 0 Å². The zero-order valence-corrected chi connectivity index (χ0v) is 23.3. The first-order valence-corrected chi connectivity index (χ1v) is 14.8. The summed E-state index contributed by atoms with van der Waals surface area (Å²) in [4.78, 5) is 0. The van der Waals surface area contributed by atoms with Gasteiger partial charge in [-0.05, 0) is 101 Å². The number of hydrogen-bond donors (Lipinski definition) is 3. The average Bonchev–Trinajstić information content (AvgIpc) is 2.93. The molecule has 0 saturated heterocycles. The van der Waals surface area contributed by atoms with E-state index in [1.54, 1.807) is 0 Å². The minimum atomic E-state index is -2.30. The quantitative estimate of drug-likeness (QED) is 0.197. The Morgan fingerprint density at radius 2 is 1.03 bits per heavy atom. The summed E-state index contributed by atoms with van der Waals surface area (Å²) in [5.41, 5.74) is 1.57. The third-order valence-corrected chi connectivity index (χ3v) is 13.3. The molecule has 37 heavy (non-hydrogen) atoms. The number of hydrogen-bond acceptors (Lipinski definition) is 3. The molecule has 0 heterocycles. The summed E-state index contributed by atoms with van der Waals surface area (Å²) >= 11 is 0. The van der Waals surface area contributed by atoms with Crippen molar-refractivity contribution in [3.8, 4) is 11.5 Å². The smallest absolute Gasteiger partial charge is 0.122 e. The Kier molecular flexibility index (Phi) is 7.78. The predicted octanol–water partition coefficient (Wildman–Crippen LogP) is 6.09. The van der Waals surface area contributed by atoms with E-state index >= 15 is 0 Å². The van der Waals surface area contributed by atoms with Gasteiger partial charge >= 0.3 is 0 Å². The van der Waals surface area contributed by atoms with Crippen molar-refractivity contribution in [2.45, 2.75) is 58.7 Å². The molecular formula is C33H38O3P+. The van der Waals surface area contributed by atoms with Crippen LogP contribution in [0.1, 0.15) is 42.5 Å². The highest BCUT2D eigenvalue weighted by molar-refractivity contribution is 7.96. The van der Waals surface area contributed by atoms with Crippen LogP contribution < -0.4 is 15.9 Å². The van der Waals surface area contributed by atoms with E-state index in [0.29, 0.717) is 35.1 Å². The molecule has 0 spiro atoms. The number of rotatable bonds is 8. The Labute approximate surface area is 221 Å². The van der Waals surface area contributed by atoms with Gasteiger partial charge in [0.1, 0.15) is 40.3 Å².